The summed E-state index contributed by atoms with van der Waals surface area (Å²) in [5, 5.41) is 5.97. The minimum absolute atomic E-state index is 0.231. The molecule has 0 saturated heterocycles. The second-order valence-electron chi connectivity index (χ2n) is 12.3. The van der Waals surface area contributed by atoms with Crippen molar-refractivity contribution >= 4 is 89.9 Å². The van der Waals surface area contributed by atoms with Crippen molar-refractivity contribution in [2.75, 3.05) is 0 Å². The number of carbonyl (C=O) groups excluding carboxylic acids is 4. The van der Waals surface area contributed by atoms with Crippen LogP contribution in [-0.2, 0) is 0 Å². The zero-order chi connectivity index (χ0) is 31.2. The molecule has 0 radical (unpaired) electrons. The first kappa shape index (κ1) is 29.0. The molecule has 0 spiro atoms. The van der Waals surface area contributed by atoms with Gasteiger partial charge in [-0.05, 0) is 67.1 Å². The van der Waals surface area contributed by atoms with E-state index in [-0.39, 0.29) is 35.7 Å². The molecule has 2 atom stereocenters. The largest absolute Gasteiger partial charge is 0.272 e. The first-order valence-electron chi connectivity index (χ1n) is 15.5. The van der Waals surface area contributed by atoms with Gasteiger partial charge in [-0.3, -0.25) is 29.0 Å². The molecule has 2 heterocycles. The molecular weight excluding hydrogens is 595 g/mol. The average Bonchev–Trinajstić information content (AvgIpc) is 3.00. The Kier molecular flexibility index (Phi) is 6.87. The van der Waals surface area contributed by atoms with Gasteiger partial charge in [0.15, 0.2) is 0 Å². The quantitative estimate of drug-likeness (QED) is 0.0976. The van der Waals surface area contributed by atoms with Crippen LogP contribution in [0.5, 0.6) is 0 Å². The third-order valence-corrected chi connectivity index (χ3v) is 10.2. The van der Waals surface area contributed by atoms with E-state index >= 15 is 0 Å². The fourth-order valence-electron chi connectivity index (χ4n) is 7.46. The molecule has 0 saturated carbocycles. The van der Waals surface area contributed by atoms with Gasteiger partial charge in [-0.2, -0.15) is 0 Å². The third-order valence-electron chi connectivity index (χ3n) is 9.64. The fourth-order valence-corrected chi connectivity index (χ4v) is 8.08. The van der Waals surface area contributed by atoms with E-state index in [2.05, 4.69) is 13.8 Å². The van der Waals surface area contributed by atoms with Gasteiger partial charge in [0.25, 0.3) is 23.6 Å². The highest BCUT2D eigenvalue weighted by molar-refractivity contribution is 6.51. The summed E-state index contributed by atoms with van der Waals surface area (Å²) in [5.74, 6) is -1.34. The topological polar surface area (TPSA) is 74.8 Å². The standard InChI is InChI=1S/C36H32Cl2N2O4/c1-5-7-9-17(3)39-33(41)21-13-11-19-27-20(12-14-22(28(21)27)34(39)42)31-26(38)16-24-29-23(15-25(37)30(19)32(29)31)35(43)40(36(24)44)18(4)10-8-6-2/h11-18H,5-10H2,1-4H3. The Bertz CT molecular complexity index is 1980. The molecule has 7 rings (SSSR count). The summed E-state index contributed by atoms with van der Waals surface area (Å²) in [6, 6.07) is 10.1. The molecule has 0 aromatic heterocycles. The Labute approximate surface area is 265 Å². The van der Waals surface area contributed by atoms with Crippen LogP contribution in [0.25, 0.3) is 43.1 Å². The van der Waals surface area contributed by atoms with Crippen molar-refractivity contribution in [1.82, 2.24) is 9.80 Å². The zero-order valence-corrected chi connectivity index (χ0v) is 26.7. The Morgan fingerprint density at radius 1 is 0.545 bits per heavy atom. The normalized spacial score (nSPS) is 16.4. The lowest BCUT2D eigenvalue weighted by Gasteiger charge is -2.34. The second kappa shape index (κ2) is 10.4. The maximum Gasteiger partial charge on any atom is 0.261 e. The highest BCUT2D eigenvalue weighted by atomic mass is 35.5. The smallest absolute Gasteiger partial charge is 0.261 e. The van der Waals surface area contributed by atoms with Crippen LogP contribution in [0.3, 0.4) is 0 Å². The lowest BCUT2D eigenvalue weighted by molar-refractivity contribution is 0.0527. The number of hydrogen-bond donors (Lipinski definition) is 0. The first-order chi connectivity index (χ1) is 21.1. The Hall–Kier alpha value is -3.74. The van der Waals surface area contributed by atoms with Gasteiger partial charge in [-0.25, -0.2) is 0 Å². The number of fused-ring (bicyclic) bond motifs is 2. The predicted molar refractivity (Wildman–Crippen MR) is 177 cm³/mol. The maximum absolute atomic E-state index is 13.9. The molecular formula is C36H32Cl2N2O4. The number of rotatable bonds is 8. The number of hydrogen-bond acceptors (Lipinski definition) is 4. The van der Waals surface area contributed by atoms with Crippen LogP contribution in [0.1, 0.15) is 108 Å². The van der Waals surface area contributed by atoms with Crippen LogP contribution in [-0.4, -0.2) is 45.5 Å². The Morgan fingerprint density at radius 2 is 0.932 bits per heavy atom. The third kappa shape index (κ3) is 3.80. The van der Waals surface area contributed by atoms with Gasteiger partial charge in [0.1, 0.15) is 0 Å². The van der Waals surface area contributed by atoms with Gasteiger partial charge in [-0.1, -0.05) is 74.9 Å². The highest BCUT2D eigenvalue weighted by Crippen LogP contribution is 2.50. The van der Waals surface area contributed by atoms with E-state index in [0.29, 0.717) is 65.7 Å². The van der Waals surface area contributed by atoms with Crippen molar-refractivity contribution in [2.45, 2.75) is 78.3 Å². The van der Waals surface area contributed by atoms with Crippen LogP contribution in [0.15, 0.2) is 36.4 Å². The van der Waals surface area contributed by atoms with E-state index < -0.39 is 0 Å². The van der Waals surface area contributed by atoms with Crippen LogP contribution >= 0.6 is 23.2 Å². The molecule has 0 bridgehead atoms. The fraction of sp³-hybridized carbons (Fsp3) is 0.333. The monoisotopic (exact) mass is 626 g/mol. The van der Waals surface area contributed by atoms with Crippen molar-refractivity contribution in [3.05, 3.63) is 68.7 Å². The molecule has 5 aromatic carbocycles. The number of nitrogens with zero attached hydrogens (tertiary/aromatic N) is 2. The molecule has 2 unspecified atom stereocenters. The number of benzene rings is 5. The molecule has 0 N–H and O–H groups in total. The molecule has 224 valence electrons. The van der Waals surface area contributed by atoms with E-state index in [9.17, 15) is 19.2 Å². The zero-order valence-electron chi connectivity index (χ0n) is 25.1. The Morgan fingerprint density at radius 3 is 1.34 bits per heavy atom. The van der Waals surface area contributed by atoms with E-state index in [0.717, 1.165) is 48.3 Å². The van der Waals surface area contributed by atoms with Gasteiger partial charge < -0.3 is 0 Å². The molecule has 44 heavy (non-hydrogen) atoms. The number of carbonyl (C=O) groups is 4. The van der Waals surface area contributed by atoms with E-state index in [4.69, 9.17) is 23.2 Å². The van der Waals surface area contributed by atoms with E-state index in [1.165, 1.54) is 9.80 Å². The van der Waals surface area contributed by atoms with E-state index in [1.54, 1.807) is 24.3 Å². The molecule has 0 aliphatic carbocycles. The Balaban J connectivity index is 1.54. The summed E-state index contributed by atoms with van der Waals surface area (Å²) >= 11 is 14.1. The minimum Gasteiger partial charge on any atom is -0.272 e. The summed E-state index contributed by atoms with van der Waals surface area (Å²) < 4.78 is 0. The number of halogens is 2. The summed E-state index contributed by atoms with van der Waals surface area (Å²) in [4.78, 5) is 58.3. The molecule has 6 nitrogen and oxygen atoms in total. The van der Waals surface area contributed by atoms with Gasteiger partial charge >= 0.3 is 0 Å². The number of imide groups is 2. The van der Waals surface area contributed by atoms with Gasteiger partial charge in [0, 0.05) is 60.2 Å². The summed E-state index contributed by atoms with van der Waals surface area (Å²) in [6.07, 6.45) is 5.18. The van der Waals surface area contributed by atoms with Gasteiger partial charge in [-0.15, -0.1) is 0 Å². The summed E-state index contributed by atoms with van der Waals surface area (Å²) in [7, 11) is 0. The maximum atomic E-state index is 13.9. The first-order valence-corrected chi connectivity index (χ1v) is 16.2. The number of amides is 4. The van der Waals surface area contributed by atoms with Crippen molar-refractivity contribution < 1.29 is 19.2 Å². The molecule has 4 amide bonds. The summed E-state index contributed by atoms with van der Waals surface area (Å²) in [5.41, 5.74) is 1.68. The van der Waals surface area contributed by atoms with Gasteiger partial charge in [0.2, 0.25) is 0 Å². The average molecular weight is 628 g/mol. The van der Waals surface area contributed by atoms with Crippen molar-refractivity contribution in [3.8, 4) is 0 Å². The van der Waals surface area contributed by atoms with E-state index in [1.807, 2.05) is 26.0 Å². The molecule has 2 aliphatic rings. The minimum atomic E-state index is -0.364. The highest BCUT2D eigenvalue weighted by Gasteiger charge is 2.40. The van der Waals surface area contributed by atoms with Crippen LogP contribution < -0.4 is 0 Å². The number of unbranched alkanes of at least 4 members (excludes halogenated alkanes) is 2. The molecule has 8 heteroatoms. The lowest BCUT2D eigenvalue weighted by Crippen LogP contribution is -2.46. The van der Waals surface area contributed by atoms with Crippen molar-refractivity contribution in [2.24, 2.45) is 0 Å². The predicted octanol–water partition coefficient (Wildman–Crippen LogP) is 9.39. The second-order valence-corrected chi connectivity index (χ2v) is 13.1. The van der Waals surface area contributed by atoms with Crippen molar-refractivity contribution in [1.29, 1.82) is 0 Å². The molecule has 2 aliphatic heterocycles. The van der Waals surface area contributed by atoms with Crippen molar-refractivity contribution in [3.63, 3.8) is 0 Å². The van der Waals surface area contributed by atoms with Crippen LogP contribution in [0.4, 0.5) is 0 Å². The lowest BCUT2D eigenvalue weighted by atomic mass is 9.81. The molecule has 5 aromatic rings. The summed E-state index contributed by atoms with van der Waals surface area (Å²) in [6.45, 7) is 7.98. The molecule has 0 fully saturated rings. The van der Waals surface area contributed by atoms with Gasteiger partial charge in [0.05, 0.1) is 11.1 Å². The SMILES string of the molecule is CCCCC(C)N1C(=O)c2ccc3c4c(Cl)cc5c6c(cc(Cl)c(c7ccc(c2c37)C1=O)c64)C(=O)N(C(C)CCCC)C5=O. The van der Waals surface area contributed by atoms with Crippen LogP contribution in [0, 0.1) is 0 Å². The van der Waals surface area contributed by atoms with Crippen LogP contribution in [0.2, 0.25) is 10.0 Å².